The summed E-state index contributed by atoms with van der Waals surface area (Å²) in [4.78, 5) is 8.64. The molecule has 2 N–H and O–H groups in total. The molecule has 0 fully saturated rings. The van der Waals surface area contributed by atoms with Crippen LogP contribution in [0.3, 0.4) is 0 Å². The van der Waals surface area contributed by atoms with Gasteiger partial charge in [-0.2, -0.15) is 0 Å². The molecule has 1 aromatic rings. The average Bonchev–Trinajstić information content (AvgIpc) is 2.79. The fourth-order valence-corrected chi connectivity index (χ4v) is 1.64. The first kappa shape index (κ1) is 9.96. The first-order valence-electron chi connectivity index (χ1n) is 5.35. The zero-order valence-corrected chi connectivity index (χ0v) is 8.95. The van der Waals surface area contributed by atoms with Crippen molar-refractivity contribution in [1.29, 1.82) is 0 Å². The van der Waals surface area contributed by atoms with Gasteiger partial charge in [-0.1, -0.05) is 13.0 Å². The van der Waals surface area contributed by atoms with Gasteiger partial charge in [-0.05, 0) is 18.1 Å². The normalized spacial score (nSPS) is 14.6. The Morgan fingerprint density at radius 1 is 1.53 bits per heavy atom. The third-order valence-electron chi connectivity index (χ3n) is 2.46. The maximum atomic E-state index is 4.37. The Morgan fingerprint density at radius 2 is 2.47 bits per heavy atom. The molecule has 4 heteroatoms. The molecule has 4 nitrogen and oxygen atoms in total. The lowest BCUT2D eigenvalue weighted by molar-refractivity contribution is 0.823. The van der Waals surface area contributed by atoms with Crippen LogP contribution in [0.15, 0.2) is 23.3 Å². The van der Waals surface area contributed by atoms with E-state index in [4.69, 9.17) is 0 Å². The van der Waals surface area contributed by atoms with Crippen LogP contribution in [0.5, 0.6) is 0 Å². The van der Waals surface area contributed by atoms with Gasteiger partial charge in [0.15, 0.2) is 5.96 Å². The summed E-state index contributed by atoms with van der Waals surface area (Å²) in [5, 5.41) is 6.42. The van der Waals surface area contributed by atoms with Crippen molar-refractivity contribution in [3.05, 3.63) is 29.6 Å². The number of aromatic nitrogens is 1. The maximum absolute atomic E-state index is 4.37. The van der Waals surface area contributed by atoms with E-state index < -0.39 is 0 Å². The highest BCUT2D eigenvalue weighted by molar-refractivity contribution is 5.81. The highest BCUT2D eigenvalue weighted by Gasteiger charge is 2.05. The molecule has 0 aliphatic carbocycles. The minimum Gasteiger partial charge on any atom is -0.355 e. The molecule has 0 unspecified atom stereocenters. The Bertz CT molecular complexity index is 359. The highest BCUT2D eigenvalue weighted by Crippen LogP contribution is 2.05. The van der Waals surface area contributed by atoms with E-state index in [1.165, 1.54) is 5.56 Å². The lowest BCUT2D eigenvalue weighted by Gasteiger charge is -2.08. The number of nitrogens with one attached hydrogen (secondary N) is 2. The highest BCUT2D eigenvalue weighted by atomic mass is 15.2. The second-order valence-electron chi connectivity index (χ2n) is 3.47. The van der Waals surface area contributed by atoms with E-state index in [9.17, 15) is 0 Å². The average molecular weight is 204 g/mol. The molecule has 1 aromatic heterocycles. The zero-order valence-electron chi connectivity index (χ0n) is 8.95. The van der Waals surface area contributed by atoms with E-state index in [1.807, 2.05) is 12.3 Å². The van der Waals surface area contributed by atoms with Crippen molar-refractivity contribution >= 4 is 5.96 Å². The summed E-state index contributed by atoms with van der Waals surface area (Å²) in [5.41, 5.74) is 2.40. The molecule has 2 rings (SSSR count). The van der Waals surface area contributed by atoms with E-state index >= 15 is 0 Å². The van der Waals surface area contributed by atoms with Gasteiger partial charge in [-0.3, -0.25) is 9.98 Å². The van der Waals surface area contributed by atoms with Crippen LogP contribution < -0.4 is 10.6 Å². The summed E-state index contributed by atoms with van der Waals surface area (Å²) < 4.78 is 0. The number of aliphatic imine (C=N–C) groups is 1. The number of hydrogen-bond acceptors (Lipinski definition) is 4. The topological polar surface area (TPSA) is 49.3 Å². The van der Waals surface area contributed by atoms with Gasteiger partial charge < -0.3 is 10.6 Å². The molecule has 0 saturated heterocycles. The van der Waals surface area contributed by atoms with Gasteiger partial charge in [0.2, 0.25) is 0 Å². The van der Waals surface area contributed by atoms with E-state index in [0.717, 1.165) is 37.7 Å². The van der Waals surface area contributed by atoms with Crippen molar-refractivity contribution in [2.45, 2.75) is 19.9 Å². The number of aryl methyl sites for hydroxylation is 1. The smallest absolute Gasteiger partial charge is 0.191 e. The standard InChI is InChI=1S/C11H16N4/c1-2-9-4-3-5-12-10(9)8-15-11-13-6-7-14-11/h3-5H,2,6-8H2,1H3,(H2,13,14,15). The first-order valence-corrected chi connectivity index (χ1v) is 5.35. The number of rotatable bonds is 3. The fourth-order valence-electron chi connectivity index (χ4n) is 1.64. The second kappa shape index (κ2) is 4.77. The Morgan fingerprint density at radius 3 is 3.20 bits per heavy atom. The zero-order chi connectivity index (χ0) is 10.5. The molecule has 1 aliphatic heterocycles. The third-order valence-corrected chi connectivity index (χ3v) is 2.46. The monoisotopic (exact) mass is 204 g/mol. The van der Waals surface area contributed by atoms with Crippen molar-refractivity contribution in [1.82, 2.24) is 15.6 Å². The Kier molecular flexibility index (Phi) is 3.17. The molecule has 0 aromatic carbocycles. The van der Waals surface area contributed by atoms with Crippen LogP contribution in [0, 0.1) is 0 Å². The first-order chi connectivity index (χ1) is 7.40. The molecule has 1 aliphatic rings. The molecule has 2 heterocycles. The van der Waals surface area contributed by atoms with Crippen LogP contribution in [0.2, 0.25) is 0 Å². The number of guanidine groups is 1. The van der Waals surface area contributed by atoms with Gasteiger partial charge in [-0.15, -0.1) is 0 Å². The summed E-state index contributed by atoms with van der Waals surface area (Å²) >= 11 is 0. The molecule has 15 heavy (non-hydrogen) atoms. The van der Waals surface area contributed by atoms with Crippen LogP contribution >= 0.6 is 0 Å². The molecule has 0 saturated carbocycles. The van der Waals surface area contributed by atoms with Crippen LogP contribution in [-0.4, -0.2) is 24.0 Å². The predicted molar refractivity (Wildman–Crippen MR) is 60.8 cm³/mol. The summed E-state index contributed by atoms with van der Waals surface area (Å²) in [7, 11) is 0. The molecule has 0 amide bonds. The van der Waals surface area contributed by atoms with E-state index in [1.54, 1.807) is 0 Å². The summed E-state index contributed by atoms with van der Waals surface area (Å²) in [6, 6.07) is 4.10. The van der Waals surface area contributed by atoms with Crippen LogP contribution in [0.4, 0.5) is 0 Å². The molecule has 0 radical (unpaired) electrons. The molecular weight excluding hydrogens is 188 g/mol. The predicted octanol–water partition coefficient (Wildman–Crippen LogP) is 0.693. The summed E-state index contributed by atoms with van der Waals surface area (Å²) in [5.74, 6) is 0.891. The maximum Gasteiger partial charge on any atom is 0.191 e. The molecular formula is C11H16N4. The van der Waals surface area contributed by atoms with Crippen molar-refractivity contribution in [2.75, 3.05) is 13.1 Å². The van der Waals surface area contributed by atoms with Crippen LogP contribution in [0.25, 0.3) is 0 Å². The minimum atomic E-state index is 0.746. The van der Waals surface area contributed by atoms with Crippen molar-refractivity contribution in [3.8, 4) is 0 Å². The van der Waals surface area contributed by atoms with Gasteiger partial charge in [0, 0.05) is 12.7 Å². The SMILES string of the molecule is CCc1cccnc1CNC1=NCCN1. The van der Waals surface area contributed by atoms with Crippen LogP contribution in [0.1, 0.15) is 18.2 Å². The molecule has 0 spiro atoms. The Balaban J connectivity index is 1.97. The summed E-state index contributed by atoms with van der Waals surface area (Å²) in [6.45, 7) is 4.69. The number of hydrogen-bond donors (Lipinski definition) is 2. The largest absolute Gasteiger partial charge is 0.355 e. The Hall–Kier alpha value is -1.58. The lowest BCUT2D eigenvalue weighted by atomic mass is 10.1. The quantitative estimate of drug-likeness (QED) is 0.761. The fraction of sp³-hybridized carbons (Fsp3) is 0.455. The van der Waals surface area contributed by atoms with Crippen molar-refractivity contribution in [3.63, 3.8) is 0 Å². The molecule has 80 valence electrons. The van der Waals surface area contributed by atoms with Crippen molar-refractivity contribution in [2.24, 2.45) is 4.99 Å². The third kappa shape index (κ3) is 2.46. The van der Waals surface area contributed by atoms with E-state index in [0.29, 0.717) is 0 Å². The van der Waals surface area contributed by atoms with Gasteiger partial charge in [-0.25, -0.2) is 0 Å². The van der Waals surface area contributed by atoms with E-state index in [2.05, 4.69) is 33.6 Å². The summed E-state index contributed by atoms with van der Waals surface area (Å²) in [6.07, 6.45) is 2.85. The molecule has 0 atom stereocenters. The van der Waals surface area contributed by atoms with Gasteiger partial charge >= 0.3 is 0 Å². The van der Waals surface area contributed by atoms with Crippen molar-refractivity contribution < 1.29 is 0 Å². The van der Waals surface area contributed by atoms with Gasteiger partial charge in [0.1, 0.15) is 0 Å². The Labute approximate surface area is 89.8 Å². The molecule has 0 bridgehead atoms. The number of nitrogens with zero attached hydrogens (tertiary/aromatic N) is 2. The van der Waals surface area contributed by atoms with Gasteiger partial charge in [0.25, 0.3) is 0 Å². The number of pyridine rings is 1. The van der Waals surface area contributed by atoms with E-state index in [-0.39, 0.29) is 0 Å². The minimum absolute atomic E-state index is 0.746. The van der Waals surface area contributed by atoms with Gasteiger partial charge in [0.05, 0.1) is 18.8 Å². The van der Waals surface area contributed by atoms with Crippen LogP contribution in [-0.2, 0) is 13.0 Å². The lowest BCUT2D eigenvalue weighted by Crippen LogP contribution is -2.33. The second-order valence-corrected chi connectivity index (χ2v) is 3.47.